The lowest BCUT2D eigenvalue weighted by molar-refractivity contribution is -0.633. The molecule has 0 atom stereocenters. The van der Waals surface area contributed by atoms with Gasteiger partial charge in [-0.3, -0.25) is 4.79 Å². The van der Waals surface area contributed by atoms with Crippen LogP contribution in [0.1, 0.15) is 15.9 Å². The Kier molecular flexibility index (Phi) is 4.49. The zero-order valence-corrected chi connectivity index (χ0v) is 16.7. The summed E-state index contributed by atoms with van der Waals surface area (Å²) in [6.45, 7) is 0. The van der Waals surface area contributed by atoms with Gasteiger partial charge in [-0.15, -0.1) is 0 Å². The average Bonchev–Trinajstić information content (AvgIpc) is 3.12. The minimum absolute atomic E-state index is 0.0372. The first-order chi connectivity index (χ1) is 14.7. The van der Waals surface area contributed by atoms with E-state index in [0.717, 1.165) is 28.1 Å². The van der Waals surface area contributed by atoms with Crippen molar-refractivity contribution in [1.29, 1.82) is 0 Å². The van der Waals surface area contributed by atoms with Crippen LogP contribution in [0.25, 0.3) is 28.1 Å². The minimum Gasteiger partial charge on any atom is -0.289 e. The second-order valence-corrected chi connectivity index (χ2v) is 7.31. The fourth-order valence-electron chi connectivity index (χ4n) is 4.00. The van der Waals surface area contributed by atoms with Gasteiger partial charge in [0.2, 0.25) is 0 Å². The standard InChI is InChI=1S/C27H21N2O/c1-28-24-14-8-9-15-25(24)29(23-12-6-3-7-13-23)27(28)22-18-16-21(17-19-22)26(30)20-10-4-2-5-11-20/h2-19H,1H3/q+1. The van der Waals surface area contributed by atoms with Crippen LogP contribution in [0.15, 0.2) is 109 Å². The van der Waals surface area contributed by atoms with E-state index in [0.29, 0.717) is 11.1 Å². The summed E-state index contributed by atoms with van der Waals surface area (Å²) in [5, 5.41) is 0. The molecule has 0 spiro atoms. The van der Waals surface area contributed by atoms with E-state index in [-0.39, 0.29) is 5.78 Å². The molecule has 0 aliphatic carbocycles. The summed E-state index contributed by atoms with van der Waals surface area (Å²) in [6.07, 6.45) is 0. The van der Waals surface area contributed by atoms with Gasteiger partial charge in [-0.1, -0.05) is 72.8 Å². The normalized spacial score (nSPS) is 11.0. The van der Waals surface area contributed by atoms with E-state index >= 15 is 0 Å². The zero-order chi connectivity index (χ0) is 20.5. The quantitative estimate of drug-likeness (QED) is 0.300. The van der Waals surface area contributed by atoms with E-state index in [9.17, 15) is 4.79 Å². The number of benzene rings is 4. The van der Waals surface area contributed by atoms with E-state index in [1.165, 1.54) is 0 Å². The molecule has 5 aromatic rings. The first kappa shape index (κ1) is 18.1. The maximum absolute atomic E-state index is 12.8. The zero-order valence-electron chi connectivity index (χ0n) is 16.7. The van der Waals surface area contributed by atoms with Crippen molar-refractivity contribution in [1.82, 2.24) is 4.57 Å². The van der Waals surface area contributed by atoms with Crippen LogP contribution in [0, 0.1) is 0 Å². The molecule has 3 heteroatoms. The number of imidazole rings is 1. The van der Waals surface area contributed by atoms with Crippen molar-refractivity contribution in [3.05, 3.63) is 120 Å². The van der Waals surface area contributed by atoms with Gasteiger partial charge in [0.1, 0.15) is 5.69 Å². The summed E-state index contributed by atoms with van der Waals surface area (Å²) in [7, 11) is 2.08. The van der Waals surface area contributed by atoms with Gasteiger partial charge in [0.25, 0.3) is 5.82 Å². The molecule has 0 radical (unpaired) electrons. The Labute approximate surface area is 175 Å². The lowest BCUT2D eigenvalue weighted by Crippen LogP contribution is -2.30. The lowest BCUT2D eigenvalue weighted by Gasteiger charge is -2.05. The van der Waals surface area contributed by atoms with Crippen LogP contribution in [0.5, 0.6) is 0 Å². The number of hydrogen-bond donors (Lipinski definition) is 0. The summed E-state index contributed by atoms with van der Waals surface area (Å²) in [6, 6.07) is 36.0. The number of para-hydroxylation sites is 3. The molecule has 4 aromatic carbocycles. The first-order valence-electron chi connectivity index (χ1n) is 9.99. The Morgan fingerprint density at radius 2 is 1.23 bits per heavy atom. The van der Waals surface area contributed by atoms with Gasteiger partial charge in [-0.05, 0) is 36.4 Å². The highest BCUT2D eigenvalue weighted by Gasteiger charge is 2.25. The fraction of sp³-hybridized carbons (Fsp3) is 0.0370. The molecule has 0 saturated carbocycles. The molecule has 5 rings (SSSR count). The van der Waals surface area contributed by atoms with Crippen molar-refractivity contribution in [2.75, 3.05) is 0 Å². The van der Waals surface area contributed by atoms with Gasteiger partial charge in [-0.2, -0.15) is 4.57 Å². The molecule has 144 valence electrons. The monoisotopic (exact) mass is 389 g/mol. The number of carbonyl (C=O) groups is 1. The molecule has 3 nitrogen and oxygen atoms in total. The molecule has 1 heterocycles. The van der Waals surface area contributed by atoms with Crippen LogP contribution >= 0.6 is 0 Å². The molecule has 0 fully saturated rings. The molecular weight excluding hydrogens is 368 g/mol. The number of fused-ring (bicyclic) bond motifs is 1. The van der Waals surface area contributed by atoms with Crippen molar-refractivity contribution in [2.45, 2.75) is 0 Å². The van der Waals surface area contributed by atoms with Gasteiger partial charge < -0.3 is 0 Å². The van der Waals surface area contributed by atoms with Crippen LogP contribution in [-0.2, 0) is 7.05 Å². The molecule has 0 saturated heterocycles. The molecule has 1 aromatic heterocycles. The van der Waals surface area contributed by atoms with E-state index in [1.54, 1.807) is 0 Å². The van der Waals surface area contributed by atoms with Crippen LogP contribution in [0.3, 0.4) is 0 Å². The van der Waals surface area contributed by atoms with Crippen LogP contribution in [-0.4, -0.2) is 10.4 Å². The average molecular weight is 389 g/mol. The summed E-state index contributed by atoms with van der Waals surface area (Å²) >= 11 is 0. The molecule has 0 aliphatic rings. The van der Waals surface area contributed by atoms with Crippen molar-refractivity contribution in [3.63, 3.8) is 0 Å². The third kappa shape index (κ3) is 3.01. The number of aryl methyl sites for hydroxylation is 1. The Balaban J connectivity index is 1.65. The molecule has 0 unspecified atom stereocenters. The highest BCUT2D eigenvalue weighted by Crippen LogP contribution is 2.27. The highest BCUT2D eigenvalue weighted by atomic mass is 16.1. The number of aromatic nitrogens is 2. The van der Waals surface area contributed by atoms with E-state index in [4.69, 9.17) is 0 Å². The smallest absolute Gasteiger partial charge is 0.289 e. The summed E-state index contributed by atoms with van der Waals surface area (Å²) in [5.74, 6) is 1.11. The number of rotatable bonds is 4. The Morgan fingerprint density at radius 1 is 0.667 bits per heavy atom. The van der Waals surface area contributed by atoms with E-state index < -0.39 is 0 Å². The maximum atomic E-state index is 12.8. The Morgan fingerprint density at radius 3 is 1.93 bits per heavy atom. The summed E-state index contributed by atoms with van der Waals surface area (Å²) in [5.41, 5.74) is 5.85. The van der Waals surface area contributed by atoms with Crippen molar-refractivity contribution in [2.24, 2.45) is 7.05 Å². The van der Waals surface area contributed by atoms with Gasteiger partial charge >= 0.3 is 0 Å². The highest BCUT2D eigenvalue weighted by molar-refractivity contribution is 6.09. The number of ketones is 1. The van der Waals surface area contributed by atoms with Crippen LogP contribution in [0.2, 0.25) is 0 Å². The molecule has 0 aliphatic heterocycles. The molecule has 0 N–H and O–H groups in total. The van der Waals surface area contributed by atoms with E-state index in [2.05, 4.69) is 64.7 Å². The number of nitrogens with zero attached hydrogens (tertiary/aromatic N) is 2. The maximum Gasteiger partial charge on any atom is 0.294 e. The number of hydrogen-bond acceptors (Lipinski definition) is 1. The second kappa shape index (κ2) is 7.45. The molecule has 0 bridgehead atoms. The molecule has 30 heavy (non-hydrogen) atoms. The lowest BCUT2D eigenvalue weighted by atomic mass is 10.0. The molecular formula is C27H21N2O+. The Hall–Kier alpha value is -3.98. The largest absolute Gasteiger partial charge is 0.294 e. The minimum atomic E-state index is 0.0372. The summed E-state index contributed by atoms with van der Waals surface area (Å²) in [4.78, 5) is 12.8. The predicted octanol–water partition coefficient (Wildman–Crippen LogP) is 5.35. The van der Waals surface area contributed by atoms with Crippen molar-refractivity contribution in [3.8, 4) is 17.1 Å². The predicted molar refractivity (Wildman–Crippen MR) is 120 cm³/mol. The third-order valence-electron chi connectivity index (χ3n) is 5.47. The first-order valence-corrected chi connectivity index (χ1v) is 9.99. The third-order valence-corrected chi connectivity index (χ3v) is 5.47. The second-order valence-electron chi connectivity index (χ2n) is 7.31. The van der Waals surface area contributed by atoms with Crippen molar-refractivity contribution >= 4 is 16.8 Å². The van der Waals surface area contributed by atoms with Crippen LogP contribution < -0.4 is 4.57 Å². The number of carbonyl (C=O) groups excluding carboxylic acids is 1. The van der Waals surface area contributed by atoms with Crippen LogP contribution in [0.4, 0.5) is 0 Å². The van der Waals surface area contributed by atoms with E-state index in [1.807, 2.05) is 60.7 Å². The topological polar surface area (TPSA) is 25.9 Å². The van der Waals surface area contributed by atoms with Gasteiger partial charge in [0, 0.05) is 11.1 Å². The molecule has 0 amide bonds. The van der Waals surface area contributed by atoms with Gasteiger partial charge in [0.05, 0.1) is 12.6 Å². The fourth-order valence-corrected chi connectivity index (χ4v) is 4.00. The Bertz CT molecular complexity index is 1330. The summed E-state index contributed by atoms with van der Waals surface area (Å²) < 4.78 is 4.47. The SMILES string of the molecule is C[n+]1c(-c2ccc(C(=O)c3ccccc3)cc2)n(-c2ccccc2)c2ccccc21. The van der Waals surface area contributed by atoms with Gasteiger partial charge in [0.15, 0.2) is 16.8 Å². The van der Waals surface area contributed by atoms with Crippen molar-refractivity contribution < 1.29 is 9.36 Å². The van der Waals surface area contributed by atoms with Gasteiger partial charge in [-0.25, -0.2) is 4.57 Å².